The summed E-state index contributed by atoms with van der Waals surface area (Å²) < 4.78 is 62.9. The fourth-order valence-electron chi connectivity index (χ4n) is 4.90. The Hall–Kier alpha value is -4.41. The van der Waals surface area contributed by atoms with Crippen molar-refractivity contribution in [1.82, 2.24) is 0 Å². The third-order valence-corrected chi connectivity index (χ3v) is 11.8. The van der Waals surface area contributed by atoms with Gasteiger partial charge >= 0.3 is 10.1 Å². The molecule has 0 heterocycles. The van der Waals surface area contributed by atoms with Gasteiger partial charge < -0.3 is 8.74 Å². The van der Waals surface area contributed by atoms with Gasteiger partial charge in [-0.1, -0.05) is 99.1 Å². The molecule has 246 valence electrons. The van der Waals surface area contributed by atoms with Crippen molar-refractivity contribution in [3.05, 3.63) is 157 Å². The molecule has 6 aromatic rings. The molecule has 0 unspecified atom stereocenters. The maximum absolute atomic E-state index is 12.3. The SMILES string of the molecule is CC(C)(C)c1ccc([S+](c2ccccc2)c2ccccc2)cc1.Cc1ccc(S(=O)(=O)Oc2ccc3cc(S(=O)(=O)[O-])ccc3c2)cc1. The van der Waals surface area contributed by atoms with E-state index in [1.54, 1.807) is 12.1 Å². The largest absolute Gasteiger partial charge is 0.744 e. The van der Waals surface area contributed by atoms with Crippen LogP contribution in [0.2, 0.25) is 0 Å². The molecule has 6 aromatic carbocycles. The molecule has 0 saturated heterocycles. The maximum atomic E-state index is 12.3. The third kappa shape index (κ3) is 8.73. The van der Waals surface area contributed by atoms with Crippen LogP contribution in [0.3, 0.4) is 0 Å². The van der Waals surface area contributed by atoms with Crippen LogP contribution < -0.4 is 4.18 Å². The monoisotopic (exact) mass is 696 g/mol. The van der Waals surface area contributed by atoms with E-state index in [0.717, 1.165) is 5.56 Å². The second-order valence-electron chi connectivity index (χ2n) is 12.2. The van der Waals surface area contributed by atoms with Gasteiger partial charge in [-0.3, -0.25) is 0 Å². The maximum Gasteiger partial charge on any atom is 0.339 e. The average molecular weight is 697 g/mol. The van der Waals surface area contributed by atoms with Crippen molar-refractivity contribution in [3.8, 4) is 5.75 Å². The fraction of sp³-hybridized carbons (Fsp3) is 0.128. The summed E-state index contributed by atoms with van der Waals surface area (Å²) >= 11 is 0. The molecule has 6 rings (SSSR count). The highest BCUT2D eigenvalue weighted by Gasteiger charge is 2.28. The lowest BCUT2D eigenvalue weighted by atomic mass is 9.87. The molecule has 0 aliphatic rings. The molecule has 0 atom stereocenters. The van der Waals surface area contributed by atoms with Crippen LogP contribution in [0, 0.1) is 6.92 Å². The van der Waals surface area contributed by atoms with Crippen molar-refractivity contribution in [2.75, 3.05) is 0 Å². The van der Waals surface area contributed by atoms with Gasteiger partial charge in [0, 0.05) is 0 Å². The first-order valence-corrected chi connectivity index (χ1v) is 19.2. The summed E-state index contributed by atoms with van der Waals surface area (Å²) in [6.07, 6.45) is 0. The van der Waals surface area contributed by atoms with Crippen molar-refractivity contribution in [2.24, 2.45) is 0 Å². The Morgan fingerprint density at radius 1 is 0.562 bits per heavy atom. The summed E-state index contributed by atoms with van der Waals surface area (Å²) in [5.41, 5.74) is 2.50. The highest BCUT2D eigenvalue weighted by molar-refractivity contribution is 7.97. The van der Waals surface area contributed by atoms with E-state index in [1.165, 1.54) is 68.8 Å². The standard InChI is InChI=1S/C22H23S.C17H14O6S2/c1-22(2,3)18-14-16-21(17-15-18)23(19-10-6-4-7-11-19)20-12-8-5-9-13-20;1-12-2-7-16(8-3-12)25(21,22)23-15-6-4-14-11-17(24(18,19)20)9-5-13(14)10-15/h4-17H,1-3H3;2-11H,1H3,(H,18,19,20)/q+1;/p-1. The predicted octanol–water partition coefficient (Wildman–Crippen LogP) is 8.90. The molecule has 0 spiro atoms. The van der Waals surface area contributed by atoms with Crippen LogP contribution in [0.5, 0.6) is 5.75 Å². The van der Waals surface area contributed by atoms with Gasteiger partial charge in [0.05, 0.1) is 15.8 Å². The smallest absolute Gasteiger partial charge is 0.339 e. The van der Waals surface area contributed by atoms with Gasteiger partial charge in [0.25, 0.3) is 0 Å². The molecule has 0 aliphatic heterocycles. The quantitative estimate of drug-likeness (QED) is 0.0939. The Balaban J connectivity index is 0.000000188. The number of hydrogen-bond donors (Lipinski definition) is 0. The van der Waals surface area contributed by atoms with Gasteiger partial charge in [-0.05, 0) is 101 Å². The van der Waals surface area contributed by atoms with E-state index in [4.69, 9.17) is 4.18 Å². The molecular formula is C39H36O6S3. The van der Waals surface area contributed by atoms with Gasteiger partial charge in [0.2, 0.25) is 0 Å². The summed E-state index contributed by atoms with van der Waals surface area (Å²) in [7, 11) is -8.58. The topological polar surface area (TPSA) is 101 Å². The van der Waals surface area contributed by atoms with Gasteiger partial charge in [-0.25, -0.2) is 8.42 Å². The van der Waals surface area contributed by atoms with Gasteiger partial charge in [0.15, 0.2) is 14.7 Å². The van der Waals surface area contributed by atoms with Crippen LogP contribution in [0.25, 0.3) is 10.8 Å². The van der Waals surface area contributed by atoms with E-state index in [0.29, 0.717) is 10.8 Å². The van der Waals surface area contributed by atoms with E-state index in [1.807, 2.05) is 6.92 Å². The molecule has 0 aromatic heterocycles. The van der Waals surface area contributed by atoms with Gasteiger partial charge in [-0.2, -0.15) is 8.42 Å². The molecule has 0 aliphatic carbocycles. The van der Waals surface area contributed by atoms with Crippen LogP contribution in [0.1, 0.15) is 31.9 Å². The molecule has 48 heavy (non-hydrogen) atoms. The second-order valence-corrected chi connectivity index (χ2v) is 17.1. The number of aryl methyl sites for hydroxylation is 1. The highest BCUT2D eigenvalue weighted by atomic mass is 32.2. The van der Waals surface area contributed by atoms with E-state index in [-0.39, 0.29) is 31.9 Å². The minimum absolute atomic E-state index is 0.0333. The number of benzene rings is 6. The lowest BCUT2D eigenvalue weighted by molar-refractivity contribution is 0.463. The summed E-state index contributed by atoms with van der Waals surface area (Å²) in [5, 5.41) is 1.03. The lowest BCUT2D eigenvalue weighted by Crippen LogP contribution is -2.11. The number of rotatable bonds is 7. The van der Waals surface area contributed by atoms with Crippen LogP contribution in [0.15, 0.2) is 170 Å². The molecule has 0 saturated carbocycles. The van der Waals surface area contributed by atoms with Crippen molar-refractivity contribution in [1.29, 1.82) is 0 Å². The summed E-state index contributed by atoms with van der Waals surface area (Å²) in [6, 6.07) is 45.2. The first-order valence-electron chi connectivity index (χ1n) is 15.2. The molecule has 0 N–H and O–H groups in total. The lowest BCUT2D eigenvalue weighted by Gasteiger charge is -2.19. The molecule has 0 bridgehead atoms. The second kappa shape index (κ2) is 14.4. The van der Waals surface area contributed by atoms with Crippen molar-refractivity contribution in [2.45, 2.75) is 57.6 Å². The van der Waals surface area contributed by atoms with Gasteiger partial charge in [0.1, 0.15) is 20.8 Å². The van der Waals surface area contributed by atoms with Gasteiger partial charge in [-0.15, -0.1) is 0 Å². The average Bonchev–Trinajstić information content (AvgIpc) is 3.05. The number of hydrogen-bond acceptors (Lipinski definition) is 6. The zero-order valence-corrected chi connectivity index (χ0v) is 29.5. The third-order valence-electron chi connectivity index (χ3n) is 7.50. The highest BCUT2D eigenvalue weighted by Crippen LogP contribution is 2.33. The minimum atomic E-state index is -4.55. The normalized spacial score (nSPS) is 12.0. The van der Waals surface area contributed by atoms with Crippen molar-refractivity contribution in [3.63, 3.8) is 0 Å². The van der Waals surface area contributed by atoms with Crippen LogP contribution in [-0.4, -0.2) is 21.4 Å². The Bertz CT molecular complexity index is 2170. The van der Waals surface area contributed by atoms with Crippen LogP contribution in [-0.2, 0) is 36.5 Å². The Morgan fingerprint density at radius 2 is 1.04 bits per heavy atom. The van der Waals surface area contributed by atoms with E-state index < -0.39 is 20.2 Å². The Morgan fingerprint density at radius 3 is 1.56 bits per heavy atom. The molecule has 0 fully saturated rings. The minimum Gasteiger partial charge on any atom is -0.744 e. The molecular weight excluding hydrogens is 661 g/mol. The van der Waals surface area contributed by atoms with Crippen molar-refractivity contribution < 1.29 is 25.6 Å². The Labute approximate surface area is 286 Å². The van der Waals surface area contributed by atoms with Crippen LogP contribution in [0.4, 0.5) is 0 Å². The molecule has 9 heteroatoms. The van der Waals surface area contributed by atoms with Crippen LogP contribution >= 0.6 is 0 Å². The zero-order valence-electron chi connectivity index (χ0n) is 27.0. The summed E-state index contributed by atoms with van der Waals surface area (Å²) in [6.45, 7) is 8.62. The van der Waals surface area contributed by atoms with E-state index in [2.05, 4.69) is 106 Å². The first-order chi connectivity index (χ1) is 22.7. The predicted molar refractivity (Wildman–Crippen MR) is 191 cm³/mol. The van der Waals surface area contributed by atoms with E-state index in [9.17, 15) is 21.4 Å². The fourth-order valence-corrected chi connectivity index (χ4v) is 8.41. The zero-order chi connectivity index (χ0) is 34.5. The van der Waals surface area contributed by atoms with Crippen molar-refractivity contribution >= 4 is 41.9 Å². The molecule has 0 amide bonds. The number of fused-ring (bicyclic) bond motifs is 1. The summed E-state index contributed by atoms with van der Waals surface area (Å²) in [5.74, 6) is 0.0887. The Kier molecular flexibility index (Phi) is 10.5. The molecule has 6 nitrogen and oxygen atoms in total. The molecule has 0 radical (unpaired) electrons. The summed E-state index contributed by atoms with van der Waals surface area (Å²) in [4.78, 5) is 3.78. The first kappa shape index (κ1) is 34.9. The van der Waals surface area contributed by atoms with E-state index >= 15 is 0 Å².